The second-order valence-electron chi connectivity index (χ2n) is 4.04. The van der Waals surface area contributed by atoms with Crippen LogP contribution >= 0.6 is 11.3 Å². The van der Waals surface area contributed by atoms with Crippen LogP contribution in [0, 0.1) is 0 Å². The zero-order valence-corrected chi connectivity index (χ0v) is 9.35. The third-order valence-electron chi connectivity index (χ3n) is 2.94. The first-order valence-corrected chi connectivity index (χ1v) is 6.42. The summed E-state index contributed by atoms with van der Waals surface area (Å²) < 4.78 is 0. The molecule has 0 radical (unpaired) electrons. The van der Waals surface area contributed by atoms with E-state index in [2.05, 4.69) is 10.4 Å². The third-order valence-corrected chi connectivity index (χ3v) is 3.86. The molecule has 2 nitrogen and oxygen atoms in total. The molecule has 1 saturated carbocycles. The van der Waals surface area contributed by atoms with Gasteiger partial charge in [0.25, 0.3) is 0 Å². The maximum Gasteiger partial charge on any atom is 0.0928 e. The molecule has 1 aromatic heterocycles. The van der Waals surface area contributed by atoms with Crippen LogP contribution in [0.1, 0.15) is 48.7 Å². The Kier molecular flexibility index (Phi) is 3.54. The molecule has 0 bridgehead atoms. The Bertz CT molecular complexity index is 279. The van der Waals surface area contributed by atoms with Gasteiger partial charge in [0, 0.05) is 11.3 Å². The molecule has 1 aromatic rings. The van der Waals surface area contributed by atoms with Crippen LogP contribution in [0.25, 0.3) is 0 Å². The topological polar surface area (TPSA) is 38.9 Å². The number of nitrogens with zero attached hydrogens (tertiary/aromatic N) is 1. The van der Waals surface area contributed by atoms with E-state index in [1.54, 1.807) is 0 Å². The number of unbranched alkanes of at least 4 members (excludes halogenated alkanes) is 1. The molecule has 2 rings (SSSR count). The Hall–Kier alpha value is -0.410. The average molecular weight is 210 g/mol. The number of rotatable bonds is 5. The lowest BCUT2D eigenvalue weighted by Crippen LogP contribution is -2.09. The summed E-state index contributed by atoms with van der Waals surface area (Å²) in [6.07, 6.45) is 7.53. The fourth-order valence-electron chi connectivity index (χ4n) is 1.75. The molecule has 0 atom stereocenters. The van der Waals surface area contributed by atoms with Gasteiger partial charge in [-0.2, -0.15) is 0 Å². The molecule has 1 fully saturated rings. The van der Waals surface area contributed by atoms with Crippen LogP contribution < -0.4 is 5.73 Å². The Balaban J connectivity index is 1.83. The Morgan fingerprint density at radius 3 is 2.93 bits per heavy atom. The maximum absolute atomic E-state index is 5.46. The summed E-state index contributed by atoms with van der Waals surface area (Å²) in [6.45, 7) is 0.806. The van der Waals surface area contributed by atoms with Gasteiger partial charge in [0.15, 0.2) is 0 Å². The quantitative estimate of drug-likeness (QED) is 0.759. The normalized spacial score (nSPS) is 16.9. The standard InChI is InChI=1S/C11H18N2S/c12-7-2-1-6-11-13-10(8-14-11)9-4-3-5-9/h8-9H,1-7,12H2. The van der Waals surface area contributed by atoms with E-state index in [9.17, 15) is 0 Å². The van der Waals surface area contributed by atoms with E-state index in [4.69, 9.17) is 5.73 Å². The van der Waals surface area contributed by atoms with Crippen molar-refractivity contribution in [3.05, 3.63) is 16.1 Å². The van der Waals surface area contributed by atoms with Gasteiger partial charge >= 0.3 is 0 Å². The van der Waals surface area contributed by atoms with Crippen molar-refractivity contribution in [2.75, 3.05) is 6.54 Å². The fourth-order valence-corrected chi connectivity index (χ4v) is 2.67. The van der Waals surface area contributed by atoms with E-state index < -0.39 is 0 Å². The van der Waals surface area contributed by atoms with Crippen molar-refractivity contribution in [3.8, 4) is 0 Å². The molecule has 0 amide bonds. The van der Waals surface area contributed by atoms with Gasteiger partial charge in [0.2, 0.25) is 0 Å². The minimum atomic E-state index is 0.787. The maximum atomic E-state index is 5.46. The first kappa shape index (κ1) is 10.1. The molecule has 3 heteroatoms. The van der Waals surface area contributed by atoms with E-state index in [1.165, 1.54) is 36.4 Å². The first-order chi connectivity index (χ1) is 6.90. The van der Waals surface area contributed by atoms with Crippen molar-refractivity contribution in [3.63, 3.8) is 0 Å². The molecular weight excluding hydrogens is 192 g/mol. The fraction of sp³-hybridized carbons (Fsp3) is 0.727. The Morgan fingerprint density at radius 1 is 1.43 bits per heavy atom. The monoisotopic (exact) mass is 210 g/mol. The summed E-state index contributed by atoms with van der Waals surface area (Å²) in [5.41, 5.74) is 6.81. The van der Waals surface area contributed by atoms with E-state index in [0.717, 1.165) is 25.3 Å². The molecule has 14 heavy (non-hydrogen) atoms. The largest absolute Gasteiger partial charge is 0.330 e. The highest BCUT2D eigenvalue weighted by Gasteiger charge is 2.21. The van der Waals surface area contributed by atoms with E-state index in [1.807, 2.05) is 11.3 Å². The van der Waals surface area contributed by atoms with Crippen LogP contribution in [0.3, 0.4) is 0 Å². The van der Waals surface area contributed by atoms with Gasteiger partial charge in [-0.05, 0) is 38.6 Å². The molecule has 0 saturated heterocycles. The molecule has 2 N–H and O–H groups in total. The molecule has 78 valence electrons. The summed E-state index contributed by atoms with van der Waals surface area (Å²) in [5.74, 6) is 0.787. The van der Waals surface area contributed by atoms with Gasteiger partial charge in [-0.25, -0.2) is 4.98 Å². The lowest BCUT2D eigenvalue weighted by Gasteiger charge is -2.22. The van der Waals surface area contributed by atoms with Gasteiger partial charge in [0.1, 0.15) is 0 Å². The van der Waals surface area contributed by atoms with Crippen LogP contribution in [0.4, 0.5) is 0 Å². The van der Waals surface area contributed by atoms with E-state index in [0.29, 0.717) is 0 Å². The van der Waals surface area contributed by atoms with Crippen molar-refractivity contribution >= 4 is 11.3 Å². The van der Waals surface area contributed by atoms with Crippen LogP contribution in [0.2, 0.25) is 0 Å². The zero-order chi connectivity index (χ0) is 9.80. The van der Waals surface area contributed by atoms with Gasteiger partial charge in [-0.1, -0.05) is 6.42 Å². The van der Waals surface area contributed by atoms with Gasteiger partial charge in [-0.3, -0.25) is 0 Å². The van der Waals surface area contributed by atoms with Crippen molar-refractivity contribution in [1.29, 1.82) is 0 Å². The van der Waals surface area contributed by atoms with Crippen LogP contribution in [-0.2, 0) is 6.42 Å². The molecule has 1 aliphatic rings. The number of nitrogens with two attached hydrogens (primary N) is 1. The van der Waals surface area contributed by atoms with Crippen molar-refractivity contribution in [1.82, 2.24) is 4.98 Å². The summed E-state index contributed by atoms with van der Waals surface area (Å²) in [5, 5.41) is 3.56. The molecule has 1 aliphatic carbocycles. The number of aryl methyl sites for hydroxylation is 1. The second-order valence-corrected chi connectivity index (χ2v) is 4.98. The molecule has 0 spiro atoms. The highest BCUT2D eigenvalue weighted by molar-refractivity contribution is 7.09. The molecule has 0 aliphatic heterocycles. The zero-order valence-electron chi connectivity index (χ0n) is 8.54. The Morgan fingerprint density at radius 2 is 2.29 bits per heavy atom. The highest BCUT2D eigenvalue weighted by atomic mass is 32.1. The summed E-state index contributed by atoms with van der Waals surface area (Å²) in [6, 6.07) is 0. The molecular formula is C11H18N2S. The number of hydrogen-bond acceptors (Lipinski definition) is 3. The first-order valence-electron chi connectivity index (χ1n) is 5.54. The predicted molar refractivity (Wildman–Crippen MR) is 60.7 cm³/mol. The number of hydrogen-bond donors (Lipinski definition) is 1. The third kappa shape index (κ3) is 2.34. The minimum Gasteiger partial charge on any atom is -0.330 e. The van der Waals surface area contributed by atoms with Crippen molar-refractivity contribution in [2.24, 2.45) is 5.73 Å². The Labute approximate surface area is 89.5 Å². The second kappa shape index (κ2) is 4.89. The van der Waals surface area contributed by atoms with E-state index in [-0.39, 0.29) is 0 Å². The SMILES string of the molecule is NCCCCc1nc(C2CCC2)cs1. The van der Waals surface area contributed by atoms with Crippen LogP contribution in [0.15, 0.2) is 5.38 Å². The van der Waals surface area contributed by atoms with Crippen molar-refractivity contribution in [2.45, 2.75) is 44.4 Å². The summed E-state index contributed by atoms with van der Waals surface area (Å²) in [4.78, 5) is 4.68. The van der Waals surface area contributed by atoms with E-state index >= 15 is 0 Å². The lowest BCUT2D eigenvalue weighted by molar-refractivity contribution is 0.412. The molecule has 0 unspecified atom stereocenters. The lowest BCUT2D eigenvalue weighted by atomic mass is 9.83. The summed E-state index contributed by atoms with van der Waals surface area (Å²) in [7, 11) is 0. The van der Waals surface area contributed by atoms with Crippen LogP contribution in [0.5, 0.6) is 0 Å². The number of thiazole rings is 1. The summed E-state index contributed by atoms with van der Waals surface area (Å²) >= 11 is 1.83. The molecule has 1 heterocycles. The van der Waals surface area contributed by atoms with Gasteiger partial charge in [-0.15, -0.1) is 11.3 Å². The van der Waals surface area contributed by atoms with Crippen LogP contribution in [-0.4, -0.2) is 11.5 Å². The van der Waals surface area contributed by atoms with Crippen molar-refractivity contribution < 1.29 is 0 Å². The highest BCUT2D eigenvalue weighted by Crippen LogP contribution is 2.36. The average Bonchev–Trinajstić information content (AvgIpc) is 2.51. The number of aromatic nitrogens is 1. The smallest absolute Gasteiger partial charge is 0.0928 e. The van der Waals surface area contributed by atoms with Gasteiger partial charge < -0.3 is 5.73 Å². The minimum absolute atomic E-state index is 0.787. The predicted octanol–water partition coefficient (Wildman–Crippen LogP) is 2.69. The molecule has 0 aromatic carbocycles. The van der Waals surface area contributed by atoms with Gasteiger partial charge in [0.05, 0.1) is 10.7 Å².